The van der Waals surface area contributed by atoms with E-state index in [1.807, 2.05) is 0 Å². The predicted octanol–water partition coefficient (Wildman–Crippen LogP) is 5.52. The molecule has 28 heavy (non-hydrogen) atoms. The van der Waals surface area contributed by atoms with Crippen molar-refractivity contribution in [1.29, 1.82) is 0 Å². The monoisotopic (exact) mass is 420 g/mol. The Balaban J connectivity index is 1.78. The van der Waals surface area contributed by atoms with Gasteiger partial charge in [-0.25, -0.2) is 0 Å². The molecular weight excluding hydrogens is 411 g/mol. The summed E-state index contributed by atoms with van der Waals surface area (Å²) in [7, 11) is 0. The van der Waals surface area contributed by atoms with Gasteiger partial charge in [0.05, 0.1) is 27.2 Å². The van der Waals surface area contributed by atoms with E-state index >= 15 is 0 Å². The van der Waals surface area contributed by atoms with Crippen LogP contribution in [-0.4, -0.2) is 16.1 Å². The third kappa shape index (κ3) is 4.27. The number of furan rings is 1. The number of benzene rings is 2. The fraction of sp³-hybridized carbons (Fsp3) is 0. The van der Waals surface area contributed by atoms with Crippen molar-refractivity contribution in [3.05, 3.63) is 84.6 Å². The van der Waals surface area contributed by atoms with E-state index in [-0.39, 0.29) is 5.69 Å². The zero-order valence-corrected chi connectivity index (χ0v) is 15.3. The van der Waals surface area contributed by atoms with Gasteiger partial charge in [-0.05, 0) is 36.4 Å². The van der Waals surface area contributed by atoms with Gasteiger partial charge in [-0.1, -0.05) is 23.2 Å². The van der Waals surface area contributed by atoms with Crippen LogP contribution in [-0.2, 0) is 0 Å². The van der Waals surface area contributed by atoms with Gasteiger partial charge in [-0.2, -0.15) is 5.10 Å². The lowest BCUT2D eigenvalue weighted by Gasteiger charge is -2.02. The first kappa shape index (κ1) is 19.3. The summed E-state index contributed by atoms with van der Waals surface area (Å²) < 4.78 is 5.62. The minimum Gasteiger partial charge on any atom is -0.455 e. The summed E-state index contributed by atoms with van der Waals surface area (Å²) in [6.45, 7) is 0. The van der Waals surface area contributed by atoms with E-state index in [0.29, 0.717) is 27.1 Å². The Kier molecular flexibility index (Phi) is 5.57. The predicted molar refractivity (Wildman–Crippen MR) is 105 cm³/mol. The van der Waals surface area contributed by atoms with Gasteiger partial charge in [0.1, 0.15) is 17.2 Å². The highest BCUT2D eigenvalue weighted by Crippen LogP contribution is 2.31. The second-order valence-corrected chi connectivity index (χ2v) is 6.26. The topological polar surface area (TPSA) is 124 Å². The zero-order chi connectivity index (χ0) is 20.3. The molecule has 11 heteroatoms. The van der Waals surface area contributed by atoms with Gasteiger partial charge in [-0.3, -0.25) is 25.7 Å². The van der Waals surface area contributed by atoms with Crippen molar-refractivity contribution >= 4 is 46.5 Å². The van der Waals surface area contributed by atoms with Gasteiger partial charge in [0.15, 0.2) is 0 Å². The number of non-ortho nitro benzene ring substituents is 1. The van der Waals surface area contributed by atoms with Crippen molar-refractivity contribution in [2.75, 3.05) is 5.43 Å². The first-order valence-electron chi connectivity index (χ1n) is 7.62. The van der Waals surface area contributed by atoms with E-state index in [9.17, 15) is 20.2 Å². The molecule has 3 aromatic rings. The summed E-state index contributed by atoms with van der Waals surface area (Å²) in [6.07, 6.45) is 1.30. The summed E-state index contributed by atoms with van der Waals surface area (Å²) in [5.74, 6) is 0.850. The minimum absolute atomic E-state index is 0.000578. The molecule has 0 aliphatic rings. The Morgan fingerprint density at radius 1 is 1.00 bits per heavy atom. The van der Waals surface area contributed by atoms with Gasteiger partial charge in [0, 0.05) is 16.7 Å². The molecule has 2 aromatic carbocycles. The molecule has 0 bridgehead atoms. The van der Waals surface area contributed by atoms with E-state index in [4.69, 9.17) is 27.6 Å². The Morgan fingerprint density at radius 3 is 2.46 bits per heavy atom. The van der Waals surface area contributed by atoms with Crippen molar-refractivity contribution in [3.63, 3.8) is 0 Å². The zero-order valence-electron chi connectivity index (χ0n) is 13.8. The highest BCUT2D eigenvalue weighted by molar-refractivity contribution is 6.36. The van der Waals surface area contributed by atoms with Crippen LogP contribution in [0.5, 0.6) is 0 Å². The number of rotatable bonds is 6. The second kappa shape index (κ2) is 8.07. The fourth-order valence-electron chi connectivity index (χ4n) is 2.30. The molecule has 0 saturated carbocycles. The summed E-state index contributed by atoms with van der Waals surface area (Å²) in [5, 5.41) is 26.6. The lowest BCUT2D eigenvalue weighted by molar-refractivity contribution is -0.393. The van der Waals surface area contributed by atoms with Crippen molar-refractivity contribution < 1.29 is 14.3 Å². The van der Waals surface area contributed by atoms with E-state index in [1.165, 1.54) is 12.3 Å². The smallest absolute Gasteiger partial charge is 0.301 e. The van der Waals surface area contributed by atoms with Crippen LogP contribution < -0.4 is 5.43 Å². The molecule has 0 aliphatic heterocycles. The highest BCUT2D eigenvalue weighted by Gasteiger charge is 2.19. The van der Waals surface area contributed by atoms with Crippen molar-refractivity contribution in [2.45, 2.75) is 0 Å². The summed E-state index contributed by atoms with van der Waals surface area (Å²) in [6, 6.07) is 11.5. The molecule has 0 spiro atoms. The fourth-order valence-corrected chi connectivity index (χ4v) is 2.80. The average Bonchev–Trinajstić information content (AvgIpc) is 3.10. The maximum absolute atomic E-state index is 11.1. The molecule has 1 heterocycles. The Labute approximate surface area is 167 Å². The van der Waals surface area contributed by atoms with Crippen LogP contribution in [0.3, 0.4) is 0 Å². The minimum atomic E-state index is -0.738. The van der Waals surface area contributed by atoms with Crippen LogP contribution in [0.1, 0.15) is 5.76 Å². The SMILES string of the molecule is O=[N+]([O-])c1ccc(NN=Cc2ccc(-c3ccc(Cl)cc3Cl)o2)c([N+](=O)[O-])c1. The standard InChI is InChI=1S/C17H10Cl2N4O5/c18-10-1-4-13(14(19)7-10)17-6-3-12(28-17)9-20-21-15-5-2-11(22(24)25)8-16(15)23(26)27/h1-9,21H. The van der Waals surface area contributed by atoms with Gasteiger partial charge < -0.3 is 4.42 Å². The lowest BCUT2D eigenvalue weighted by atomic mass is 10.2. The maximum atomic E-state index is 11.1. The van der Waals surface area contributed by atoms with Crippen LogP contribution in [0, 0.1) is 20.2 Å². The largest absolute Gasteiger partial charge is 0.455 e. The first-order valence-corrected chi connectivity index (χ1v) is 8.38. The Morgan fingerprint density at radius 2 is 1.79 bits per heavy atom. The number of anilines is 1. The molecule has 0 fully saturated rings. The third-order valence-electron chi connectivity index (χ3n) is 3.59. The second-order valence-electron chi connectivity index (χ2n) is 5.41. The van der Waals surface area contributed by atoms with Crippen LogP contribution in [0.4, 0.5) is 17.1 Å². The van der Waals surface area contributed by atoms with Gasteiger partial charge in [0.25, 0.3) is 5.69 Å². The number of nitro groups is 2. The van der Waals surface area contributed by atoms with Gasteiger partial charge in [-0.15, -0.1) is 0 Å². The maximum Gasteiger partial charge on any atom is 0.301 e. The number of hydrazone groups is 1. The molecule has 0 saturated heterocycles. The number of hydrogen-bond acceptors (Lipinski definition) is 7. The van der Waals surface area contributed by atoms with Crippen LogP contribution in [0.25, 0.3) is 11.3 Å². The van der Waals surface area contributed by atoms with Crippen LogP contribution >= 0.6 is 23.2 Å². The molecule has 0 unspecified atom stereocenters. The van der Waals surface area contributed by atoms with Crippen molar-refractivity contribution in [3.8, 4) is 11.3 Å². The normalized spacial score (nSPS) is 10.9. The molecule has 1 aromatic heterocycles. The van der Waals surface area contributed by atoms with E-state index < -0.39 is 21.2 Å². The molecule has 9 nitrogen and oxygen atoms in total. The molecule has 0 aliphatic carbocycles. The van der Waals surface area contributed by atoms with Crippen LogP contribution in [0.2, 0.25) is 10.0 Å². The van der Waals surface area contributed by atoms with Gasteiger partial charge >= 0.3 is 5.69 Å². The Hall–Kier alpha value is -3.43. The number of halogens is 2. The quantitative estimate of drug-likeness (QED) is 0.318. The van der Waals surface area contributed by atoms with Crippen molar-refractivity contribution in [2.24, 2.45) is 5.10 Å². The first-order chi connectivity index (χ1) is 13.3. The van der Waals surface area contributed by atoms with Crippen molar-refractivity contribution in [1.82, 2.24) is 0 Å². The molecule has 3 rings (SSSR count). The summed E-state index contributed by atoms with van der Waals surface area (Å²) in [4.78, 5) is 20.4. The lowest BCUT2D eigenvalue weighted by Crippen LogP contribution is -1.98. The average molecular weight is 421 g/mol. The molecule has 142 valence electrons. The number of hydrogen-bond donors (Lipinski definition) is 1. The molecule has 1 N–H and O–H groups in total. The highest BCUT2D eigenvalue weighted by atomic mass is 35.5. The number of nitro benzene ring substituents is 2. The van der Waals surface area contributed by atoms with E-state index in [2.05, 4.69) is 10.5 Å². The molecule has 0 amide bonds. The summed E-state index contributed by atoms with van der Waals surface area (Å²) >= 11 is 12.0. The molecule has 0 radical (unpaired) electrons. The van der Waals surface area contributed by atoms with E-state index in [1.54, 1.807) is 30.3 Å². The number of nitrogens with one attached hydrogen (secondary N) is 1. The molecule has 0 atom stereocenters. The summed E-state index contributed by atoms with van der Waals surface area (Å²) in [5.41, 5.74) is 2.26. The Bertz CT molecular complexity index is 1100. The van der Waals surface area contributed by atoms with Gasteiger partial charge in [0.2, 0.25) is 0 Å². The third-order valence-corrected chi connectivity index (χ3v) is 4.14. The van der Waals surface area contributed by atoms with E-state index in [0.717, 1.165) is 12.1 Å². The molecular formula is C17H10Cl2N4O5. The van der Waals surface area contributed by atoms with Crippen LogP contribution in [0.15, 0.2) is 58.0 Å². The number of nitrogens with zero attached hydrogens (tertiary/aromatic N) is 3.